The summed E-state index contributed by atoms with van der Waals surface area (Å²) in [5, 5.41) is 0. The van der Waals surface area contributed by atoms with Crippen LogP contribution in [0.2, 0.25) is 0 Å². The number of carbonyl (C=O) groups excluding carboxylic acids is 1. The van der Waals surface area contributed by atoms with Gasteiger partial charge in [-0.05, 0) is 83.9 Å². The number of nitrogen functional groups attached to an aromatic ring is 1. The maximum absolute atomic E-state index is 11.9. The van der Waals surface area contributed by atoms with Crippen LogP contribution in [0.4, 0.5) is 5.82 Å². The van der Waals surface area contributed by atoms with Gasteiger partial charge in [-0.15, -0.1) is 11.3 Å². The quantitative estimate of drug-likeness (QED) is 0.202. The number of pyridine rings is 1. The Hall–Kier alpha value is -2.27. The zero-order valence-corrected chi connectivity index (χ0v) is 26.8. The van der Waals surface area contributed by atoms with Gasteiger partial charge in [0.25, 0.3) is 0 Å². The summed E-state index contributed by atoms with van der Waals surface area (Å²) in [6.45, 7) is 14.6. The molecule has 3 aromatic rings. The van der Waals surface area contributed by atoms with E-state index in [1.807, 2.05) is 32.1 Å². The highest BCUT2D eigenvalue weighted by atomic mass is 32.1. The maximum atomic E-state index is 11.9. The number of aryl methyl sites for hydroxylation is 1. The van der Waals surface area contributed by atoms with E-state index in [1.54, 1.807) is 0 Å². The molecule has 0 atom stereocenters. The maximum Gasteiger partial charge on any atom is 0.308 e. The molecule has 5 rings (SSSR count). The van der Waals surface area contributed by atoms with Crippen molar-refractivity contribution in [2.24, 2.45) is 5.92 Å². The van der Waals surface area contributed by atoms with E-state index in [2.05, 4.69) is 22.5 Å². The van der Waals surface area contributed by atoms with Crippen LogP contribution in [-0.4, -0.2) is 77.1 Å². The Balaban J connectivity index is 1.23. The number of likely N-dealkylation sites (tertiary alicyclic amines) is 1. The molecule has 9 nitrogen and oxygen atoms in total. The third-order valence-electron chi connectivity index (χ3n) is 8.42. The van der Waals surface area contributed by atoms with Gasteiger partial charge in [0.2, 0.25) is 0 Å². The van der Waals surface area contributed by atoms with E-state index >= 15 is 0 Å². The van der Waals surface area contributed by atoms with Crippen molar-refractivity contribution < 1.29 is 19.0 Å². The van der Waals surface area contributed by atoms with E-state index in [0.29, 0.717) is 37.3 Å². The van der Waals surface area contributed by atoms with Gasteiger partial charge in [-0.3, -0.25) is 4.79 Å². The van der Waals surface area contributed by atoms with Gasteiger partial charge in [0, 0.05) is 37.6 Å². The zero-order chi connectivity index (χ0) is 29.7. The second-order valence-corrected chi connectivity index (χ2v) is 14.0. The number of hydrogen-bond donors (Lipinski definition) is 1. The number of nitrogens with two attached hydrogens (primary N) is 1. The molecule has 0 saturated carbocycles. The van der Waals surface area contributed by atoms with Crippen LogP contribution in [0.3, 0.4) is 0 Å². The molecule has 2 aliphatic rings. The Kier molecular flexibility index (Phi) is 10.4. The van der Waals surface area contributed by atoms with E-state index in [-0.39, 0.29) is 5.97 Å². The highest BCUT2D eigenvalue weighted by molar-refractivity contribution is 7.20. The number of aromatic nitrogens is 3. The number of esters is 1. The average molecular weight is 600 g/mol. The van der Waals surface area contributed by atoms with Crippen LogP contribution < -0.4 is 5.73 Å². The molecule has 0 aromatic carbocycles. The van der Waals surface area contributed by atoms with Gasteiger partial charge in [0.05, 0.1) is 35.4 Å². The number of rotatable bonds is 12. The summed E-state index contributed by atoms with van der Waals surface area (Å²) in [6, 6.07) is 2.29. The summed E-state index contributed by atoms with van der Waals surface area (Å²) in [5.41, 5.74) is 9.16. The normalized spacial score (nSPS) is 17.9. The van der Waals surface area contributed by atoms with E-state index in [1.165, 1.54) is 15.1 Å². The van der Waals surface area contributed by atoms with Gasteiger partial charge >= 0.3 is 5.97 Å². The first-order valence-corrected chi connectivity index (χ1v) is 16.7. The zero-order valence-electron chi connectivity index (χ0n) is 26.0. The topological polar surface area (TPSA) is 105 Å². The van der Waals surface area contributed by atoms with Crippen molar-refractivity contribution in [3.05, 3.63) is 16.8 Å². The fraction of sp³-hybridized carbons (Fsp3) is 0.719. The number of hydrogen-bond acceptors (Lipinski definition) is 9. The molecule has 2 N–H and O–H groups in total. The highest BCUT2D eigenvalue weighted by Crippen LogP contribution is 2.40. The second kappa shape index (κ2) is 14.0. The number of imidazole rings is 1. The van der Waals surface area contributed by atoms with Gasteiger partial charge in [-0.25, -0.2) is 9.97 Å². The summed E-state index contributed by atoms with van der Waals surface area (Å²) < 4.78 is 20.4. The van der Waals surface area contributed by atoms with Gasteiger partial charge < -0.3 is 29.4 Å². The Morgan fingerprint density at radius 1 is 1.14 bits per heavy atom. The molecule has 42 heavy (non-hydrogen) atoms. The third kappa shape index (κ3) is 7.81. The minimum absolute atomic E-state index is 0.205. The van der Waals surface area contributed by atoms with Crippen molar-refractivity contribution in [3.8, 4) is 0 Å². The molecule has 0 aliphatic carbocycles. The highest BCUT2D eigenvalue weighted by Gasteiger charge is 2.26. The molecule has 232 valence electrons. The van der Waals surface area contributed by atoms with Crippen molar-refractivity contribution in [2.75, 3.05) is 51.8 Å². The molecule has 0 amide bonds. The first kappa shape index (κ1) is 31.2. The SMILES string of the molecule is CCCCc1nc2c(N)nc3cc(C4CCN(CCOCCC(=O)OC(C)(C)C)CC4)sc3c2n1CC1CCOCC1. The second-order valence-electron chi connectivity index (χ2n) is 12.9. The van der Waals surface area contributed by atoms with Crippen LogP contribution in [-0.2, 0) is 32.0 Å². The van der Waals surface area contributed by atoms with E-state index in [9.17, 15) is 4.79 Å². The average Bonchev–Trinajstić information content (AvgIpc) is 3.53. The lowest BCUT2D eigenvalue weighted by atomic mass is 9.95. The van der Waals surface area contributed by atoms with Gasteiger partial charge in [0.1, 0.15) is 16.9 Å². The molecular weight excluding hydrogens is 550 g/mol. The molecule has 10 heteroatoms. The molecule has 0 radical (unpaired) electrons. The minimum atomic E-state index is -0.450. The van der Waals surface area contributed by atoms with E-state index < -0.39 is 5.60 Å². The van der Waals surface area contributed by atoms with Crippen molar-refractivity contribution in [3.63, 3.8) is 0 Å². The molecule has 5 heterocycles. The molecule has 2 fully saturated rings. The fourth-order valence-electron chi connectivity index (χ4n) is 6.14. The minimum Gasteiger partial charge on any atom is -0.460 e. The third-order valence-corrected chi connectivity index (χ3v) is 9.72. The number of piperidine rings is 1. The lowest BCUT2D eigenvalue weighted by Gasteiger charge is -2.31. The molecular formula is C32H49N5O4S. The number of fused-ring (bicyclic) bond motifs is 3. The summed E-state index contributed by atoms with van der Waals surface area (Å²) in [7, 11) is 0. The Bertz CT molecular complexity index is 1330. The van der Waals surface area contributed by atoms with E-state index in [4.69, 9.17) is 29.9 Å². The summed E-state index contributed by atoms with van der Waals surface area (Å²) >= 11 is 1.90. The van der Waals surface area contributed by atoms with Crippen LogP contribution in [0.15, 0.2) is 6.07 Å². The Labute approximate surface area is 254 Å². The predicted molar refractivity (Wildman–Crippen MR) is 169 cm³/mol. The van der Waals surface area contributed by atoms with Crippen LogP contribution in [0.1, 0.15) is 89.3 Å². The molecule has 0 unspecified atom stereocenters. The van der Waals surface area contributed by atoms with Crippen molar-refractivity contribution in [1.82, 2.24) is 19.4 Å². The van der Waals surface area contributed by atoms with Crippen molar-refractivity contribution in [2.45, 2.75) is 97.1 Å². The molecule has 2 aliphatic heterocycles. The van der Waals surface area contributed by atoms with Gasteiger partial charge in [-0.1, -0.05) is 13.3 Å². The summed E-state index contributed by atoms with van der Waals surface area (Å²) in [4.78, 5) is 25.7. The van der Waals surface area contributed by atoms with E-state index in [0.717, 1.165) is 101 Å². The molecule has 3 aromatic heterocycles. The van der Waals surface area contributed by atoms with Crippen LogP contribution >= 0.6 is 11.3 Å². The van der Waals surface area contributed by atoms with Gasteiger partial charge in [-0.2, -0.15) is 0 Å². The first-order valence-electron chi connectivity index (χ1n) is 15.9. The number of carbonyl (C=O) groups is 1. The summed E-state index contributed by atoms with van der Waals surface area (Å²) in [6.07, 6.45) is 7.96. The lowest BCUT2D eigenvalue weighted by molar-refractivity contribution is -0.156. The number of ether oxygens (including phenoxy) is 3. The lowest BCUT2D eigenvalue weighted by Crippen LogP contribution is -2.35. The molecule has 0 spiro atoms. The Morgan fingerprint density at radius 3 is 2.62 bits per heavy atom. The van der Waals surface area contributed by atoms with Crippen LogP contribution in [0, 0.1) is 5.92 Å². The fourth-order valence-corrected chi connectivity index (χ4v) is 7.46. The summed E-state index contributed by atoms with van der Waals surface area (Å²) in [5.74, 6) is 2.62. The number of anilines is 1. The standard InChI is InChI=1S/C32H49N5O4S/c1-5-6-7-26-35-28-29(37(26)21-22-10-16-39-17-11-22)30-24(34-31(28)33)20-25(42-30)23-8-13-36(14-9-23)15-19-40-18-12-27(38)41-32(2,3)4/h20,22-23H,5-19,21H2,1-4H3,(H2,33,34). The van der Waals surface area contributed by atoms with Crippen LogP contribution in [0.5, 0.6) is 0 Å². The first-order chi connectivity index (χ1) is 20.2. The van der Waals surface area contributed by atoms with Crippen molar-refractivity contribution >= 4 is 44.4 Å². The monoisotopic (exact) mass is 599 g/mol. The number of thiophene rings is 1. The Morgan fingerprint density at radius 2 is 1.90 bits per heavy atom. The predicted octanol–water partition coefficient (Wildman–Crippen LogP) is 5.93. The van der Waals surface area contributed by atoms with Gasteiger partial charge in [0.15, 0.2) is 5.82 Å². The number of nitrogens with zero attached hydrogens (tertiary/aromatic N) is 4. The number of unbranched alkanes of at least 4 members (excludes halogenated alkanes) is 1. The van der Waals surface area contributed by atoms with Crippen molar-refractivity contribution in [1.29, 1.82) is 0 Å². The molecule has 0 bridgehead atoms. The van der Waals surface area contributed by atoms with Crippen LogP contribution in [0.25, 0.3) is 21.3 Å². The smallest absolute Gasteiger partial charge is 0.308 e. The molecule has 2 saturated heterocycles. The largest absolute Gasteiger partial charge is 0.460 e.